The second kappa shape index (κ2) is 5.96. The zero-order valence-electron chi connectivity index (χ0n) is 10.7. The molecule has 0 aromatic carbocycles. The Balaban J connectivity index is 2.00. The van der Waals surface area contributed by atoms with Gasteiger partial charge in [0.1, 0.15) is 12.1 Å². The van der Waals surface area contributed by atoms with E-state index >= 15 is 0 Å². The number of rotatable bonds is 4. The predicted molar refractivity (Wildman–Crippen MR) is 70.3 cm³/mol. The third-order valence-corrected chi connectivity index (χ3v) is 3.50. The number of hydrogen-bond donors (Lipinski definition) is 2. The highest BCUT2D eigenvalue weighted by Crippen LogP contribution is 2.19. The topological polar surface area (TPSA) is 49.8 Å². The summed E-state index contributed by atoms with van der Waals surface area (Å²) >= 11 is 0. The maximum Gasteiger partial charge on any atom is 0.129 e. The Morgan fingerprint density at radius 2 is 2.18 bits per heavy atom. The van der Waals surface area contributed by atoms with Crippen molar-refractivity contribution in [2.45, 2.75) is 45.1 Å². The van der Waals surface area contributed by atoms with Crippen LogP contribution < -0.4 is 10.6 Å². The molecule has 0 bridgehead atoms. The van der Waals surface area contributed by atoms with E-state index in [9.17, 15) is 0 Å². The van der Waals surface area contributed by atoms with E-state index in [1.54, 1.807) is 6.33 Å². The first-order valence-corrected chi connectivity index (χ1v) is 6.58. The third-order valence-electron chi connectivity index (χ3n) is 3.50. The van der Waals surface area contributed by atoms with Gasteiger partial charge in [0.25, 0.3) is 0 Å². The molecule has 0 saturated carbocycles. The maximum atomic E-state index is 4.34. The van der Waals surface area contributed by atoms with Gasteiger partial charge in [-0.05, 0) is 38.3 Å². The normalized spacial score (nSPS) is 18.9. The van der Waals surface area contributed by atoms with E-state index < -0.39 is 0 Å². The van der Waals surface area contributed by atoms with Crippen molar-refractivity contribution < 1.29 is 0 Å². The van der Waals surface area contributed by atoms with Gasteiger partial charge in [-0.2, -0.15) is 0 Å². The average Bonchev–Trinajstić information content (AvgIpc) is 2.39. The molecule has 0 radical (unpaired) electrons. The fourth-order valence-corrected chi connectivity index (χ4v) is 2.11. The second-order valence-electron chi connectivity index (χ2n) is 4.81. The molecule has 4 nitrogen and oxygen atoms in total. The van der Waals surface area contributed by atoms with Crippen LogP contribution in [-0.4, -0.2) is 29.1 Å². The molecule has 1 aliphatic rings. The zero-order chi connectivity index (χ0) is 12.1. The molecule has 2 rings (SSSR count). The SMILES string of the molecule is CCC(C)c1cc(NC2CCNCC2)ncn1. The molecule has 2 heterocycles. The van der Waals surface area contributed by atoms with Crippen LogP contribution in [0.5, 0.6) is 0 Å². The van der Waals surface area contributed by atoms with Crippen molar-refractivity contribution >= 4 is 5.82 Å². The average molecular weight is 234 g/mol. The summed E-state index contributed by atoms with van der Waals surface area (Å²) in [6.07, 6.45) is 5.13. The van der Waals surface area contributed by atoms with E-state index in [2.05, 4.69) is 40.5 Å². The lowest BCUT2D eigenvalue weighted by Gasteiger charge is -2.24. The lowest BCUT2D eigenvalue weighted by atomic mass is 10.0. The van der Waals surface area contributed by atoms with E-state index in [0.29, 0.717) is 12.0 Å². The molecular formula is C13H22N4. The minimum absolute atomic E-state index is 0.506. The van der Waals surface area contributed by atoms with Gasteiger partial charge in [-0.1, -0.05) is 13.8 Å². The lowest BCUT2D eigenvalue weighted by Crippen LogP contribution is -2.35. The van der Waals surface area contributed by atoms with Crippen molar-refractivity contribution in [2.24, 2.45) is 0 Å². The van der Waals surface area contributed by atoms with Crippen LogP contribution in [0.1, 0.15) is 44.7 Å². The molecule has 1 unspecified atom stereocenters. The van der Waals surface area contributed by atoms with Gasteiger partial charge in [0.2, 0.25) is 0 Å². The van der Waals surface area contributed by atoms with Gasteiger partial charge >= 0.3 is 0 Å². The number of aromatic nitrogens is 2. The van der Waals surface area contributed by atoms with Crippen LogP contribution in [0.2, 0.25) is 0 Å². The Labute approximate surface area is 103 Å². The molecule has 4 heteroatoms. The molecule has 1 aromatic heterocycles. The maximum absolute atomic E-state index is 4.34. The fourth-order valence-electron chi connectivity index (χ4n) is 2.11. The minimum atomic E-state index is 0.506. The van der Waals surface area contributed by atoms with Crippen LogP contribution in [0.3, 0.4) is 0 Å². The molecule has 94 valence electrons. The number of hydrogen-bond acceptors (Lipinski definition) is 4. The Hall–Kier alpha value is -1.16. The number of nitrogens with one attached hydrogen (secondary N) is 2. The Kier molecular flexibility index (Phi) is 4.31. The fraction of sp³-hybridized carbons (Fsp3) is 0.692. The molecule has 2 N–H and O–H groups in total. The van der Waals surface area contributed by atoms with Crippen LogP contribution in [0.25, 0.3) is 0 Å². The standard InChI is InChI=1S/C13H22N4/c1-3-10(2)12-8-13(16-9-15-12)17-11-4-6-14-7-5-11/h8-11,14H,3-7H2,1-2H3,(H,15,16,17). The second-order valence-corrected chi connectivity index (χ2v) is 4.81. The highest BCUT2D eigenvalue weighted by molar-refractivity contribution is 5.37. The van der Waals surface area contributed by atoms with E-state index in [-0.39, 0.29) is 0 Å². The first kappa shape index (κ1) is 12.3. The molecule has 1 atom stereocenters. The van der Waals surface area contributed by atoms with E-state index in [4.69, 9.17) is 0 Å². The first-order chi connectivity index (χ1) is 8.29. The van der Waals surface area contributed by atoms with Gasteiger partial charge < -0.3 is 10.6 Å². The molecule has 1 aromatic rings. The Bertz CT molecular complexity index is 347. The molecule has 17 heavy (non-hydrogen) atoms. The minimum Gasteiger partial charge on any atom is -0.367 e. The van der Waals surface area contributed by atoms with E-state index in [1.807, 2.05) is 0 Å². The number of piperidine rings is 1. The van der Waals surface area contributed by atoms with Crippen LogP contribution in [0.4, 0.5) is 5.82 Å². The van der Waals surface area contributed by atoms with Gasteiger partial charge in [0, 0.05) is 17.8 Å². The van der Waals surface area contributed by atoms with Crippen molar-refractivity contribution in [1.82, 2.24) is 15.3 Å². The molecule has 0 spiro atoms. The van der Waals surface area contributed by atoms with Crippen LogP contribution in [0.15, 0.2) is 12.4 Å². The van der Waals surface area contributed by atoms with Gasteiger partial charge in [0.05, 0.1) is 0 Å². The van der Waals surface area contributed by atoms with E-state index in [1.165, 1.54) is 12.8 Å². The summed E-state index contributed by atoms with van der Waals surface area (Å²) < 4.78 is 0. The molecule has 1 saturated heterocycles. The molecular weight excluding hydrogens is 212 g/mol. The number of anilines is 1. The summed E-state index contributed by atoms with van der Waals surface area (Å²) in [5.74, 6) is 1.48. The Morgan fingerprint density at radius 3 is 2.88 bits per heavy atom. The monoisotopic (exact) mass is 234 g/mol. The highest BCUT2D eigenvalue weighted by Gasteiger charge is 2.13. The van der Waals surface area contributed by atoms with Gasteiger partial charge in [-0.15, -0.1) is 0 Å². The molecule has 1 aliphatic heterocycles. The predicted octanol–water partition coefficient (Wildman–Crippen LogP) is 2.15. The first-order valence-electron chi connectivity index (χ1n) is 6.58. The quantitative estimate of drug-likeness (QED) is 0.838. The zero-order valence-corrected chi connectivity index (χ0v) is 10.7. The van der Waals surface area contributed by atoms with Crippen molar-refractivity contribution in [3.05, 3.63) is 18.1 Å². The van der Waals surface area contributed by atoms with Crippen LogP contribution in [0, 0.1) is 0 Å². The van der Waals surface area contributed by atoms with Crippen molar-refractivity contribution in [3.8, 4) is 0 Å². The lowest BCUT2D eigenvalue weighted by molar-refractivity contribution is 0.478. The summed E-state index contributed by atoms with van der Waals surface area (Å²) in [6, 6.07) is 2.65. The van der Waals surface area contributed by atoms with Crippen molar-refractivity contribution in [2.75, 3.05) is 18.4 Å². The van der Waals surface area contributed by atoms with Crippen molar-refractivity contribution in [3.63, 3.8) is 0 Å². The van der Waals surface area contributed by atoms with Crippen LogP contribution in [-0.2, 0) is 0 Å². The van der Waals surface area contributed by atoms with Gasteiger partial charge in [-0.25, -0.2) is 9.97 Å². The largest absolute Gasteiger partial charge is 0.367 e. The van der Waals surface area contributed by atoms with Crippen LogP contribution >= 0.6 is 0 Å². The van der Waals surface area contributed by atoms with Gasteiger partial charge in [0.15, 0.2) is 0 Å². The summed E-state index contributed by atoms with van der Waals surface area (Å²) in [6.45, 7) is 6.59. The summed E-state index contributed by atoms with van der Waals surface area (Å²) in [7, 11) is 0. The van der Waals surface area contributed by atoms with Crippen molar-refractivity contribution in [1.29, 1.82) is 0 Å². The Morgan fingerprint density at radius 1 is 1.41 bits per heavy atom. The summed E-state index contributed by atoms with van der Waals surface area (Å²) in [5, 5.41) is 6.88. The molecule has 0 aliphatic carbocycles. The third kappa shape index (κ3) is 3.40. The summed E-state index contributed by atoms with van der Waals surface area (Å²) in [5.41, 5.74) is 1.14. The molecule has 1 fully saturated rings. The summed E-state index contributed by atoms with van der Waals surface area (Å²) in [4.78, 5) is 8.65. The van der Waals surface area contributed by atoms with E-state index in [0.717, 1.165) is 31.0 Å². The molecule has 0 amide bonds. The van der Waals surface area contributed by atoms with Gasteiger partial charge in [-0.3, -0.25) is 0 Å². The smallest absolute Gasteiger partial charge is 0.129 e. The number of nitrogens with zero attached hydrogens (tertiary/aromatic N) is 2. The highest BCUT2D eigenvalue weighted by atomic mass is 15.1.